The van der Waals surface area contributed by atoms with E-state index in [-0.39, 0.29) is 11.9 Å². The van der Waals surface area contributed by atoms with Gasteiger partial charge in [0.05, 0.1) is 13.0 Å². The molecule has 0 radical (unpaired) electrons. The van der Waals surface area contributed by atoms with Gasteiger partial charge in [0.15, 0.2) is 0 Å². The number of hydrogen-bond donors (Lipinski definition) is 1. The Bertz CT molecular complexity index is 546. The maximum atomic E-state index is 12.5. The Morgan fingerprint density at radius 2 is 1.95 bits per heavy atom. The quantitative estimate of drug-likeness (QED) is 0.858. The normalized spacial score (nSPS) is 10.8. The topological polar surface area (TPSA) is 46.3 Å². The molecule has 0 bridgehead atoms. The highest BCUT2D eigenvalue weighted by Crippen LogP contribution is 2.16. The Morgan fingerprint density at radius 3 is 2.50 bits per heavy atom. The summed E-state index contributed by atoms with van der Waals surface area (Å²) >= 11 is 1.68. The summed E-state index contributed by atoms with van der Waals surface area (Å²) in [5.74, 6) is 0.151. The number of thiophene rings is 1. The summed E-state index contributed by atoms with van der Waals surface area (Å²) < 4.78 is 0. The first kappa shape index (κ1) is 14.6. The van der Waals surface area contributed by atoms with Crippen molar-refractivity contribution >= 4 is 22.9 Å². The van der Waals surface area contributed by atoms with Gasteiger partial charge in [-0.15, -0.1) is 11.3 Å². The van der Waals surface area contributed by atoms with E-state index in [0.717, 1.165) is 11.3 Å². The number of anilines is 1. The number of nitrogens with two attached hydrogens (primary N) is 1. The summed E-state index contributed by atoms with van der Waals surface area (Å²) in [6.07, 6.45) is 0.420. The van der Waals surface area contributed by atoms with Crippen LogP contribution in [0.1, 0.15) is 24.3 Å². The first-order chi connectivity index (χ1) is 9.56. The number of nitrogen functional groups attached to an aromatic ring is 1. The minimum Gasteiger partial charge on any atom is -0.399 e. The van der Waals surface area contributed by atoms with Gasteiger partial charge in [-0.2, -0.15) is 0 Å². The predicted molar refractivity (Wildman–Crippen MR) is 84.6 cm³/mol. The van der Waals surface area contributed by atoms with E-state index >= 15 is 0 Å². The Balaban J connectivity index is 2.05. The number of nitrogens with zero attached hydrogens (tertiary/aromatic N) is 1. The molecule has 4 heteroatoms. The van der Waals surface area contributed by atoms with Crippen LogP contribution >= 0.6 is 11.3 Å². The van der Waals surface area contributed by atoms with Crippen LogP contribution in [0.2, 0.25) is 0 Å². The molecule has 0 unspecified atom stereocenters. The molecule has 20 heavy (non-hydrogen) atoms. The van der Waals surface area contributed by atoms with Crippen LogP contribution in [-0.2, 0) is 17.8 Å². The second-order valence-electron chi connectivity index (χ2n) is 5.11. The van der Waals surface area contributed by atoms with Crippen LogP contribution in [0.25, 0.3) is 0 Å². The standard InChI is InChI=1S/C16H20N2OS/c1-12(2)18(11-15-4-3-9-20-15)16(19)10-13-5-7-14(17)8-6-13/h3-9,12H,10-11,17H2,1-2H3. The summed E-state index contributed by atoms with van der Waals surface area (Å²) in [6.45, 7) is 4.78. The fourth-order valence-electron chi connectivity index (χ4n) is 2.04. The molecule has 0 aliphatic carbocycles. The van der Waals surface area contributed by atoms with Crippen LogP contribution in [0.5, 0.6) is 0 Å². The van der Waals surface area contributed by atoms with Crippen LogP contribution in [0.3, 0.4) is 0 Å². The van der Waals surface area contributed by atoms with E-state index in [1.807, 2.05) is 40.6 Å². The van der Waals surface area contributed by atoms with Crippen molar-refractivity contribution < 1.29 is 4.79 Å². The van der Waals surface area contributed by atoms with Gasteiger partial charge in [-0.25, -0.2) is 0 Å². The fraction of sp³-hybridized carbons (Fsp3) is 0.312. The van der Waals surface area contributed by atoms with Crippen molar-refractivity contribution in [2.24, 2.45) is 0 Å². The summed E-state index contributed by atoms with van der Waals surface area (Å²) in [4.78, 5) is 15.6. The van der Waals surface area contributed by atoms with E-state index in [1.54, 1.807) is 11.3 Å². The van der Waals surface area contributed by atoms with Gasteiger partial charge in [-0.3, -0.25) is 4.79 Å². The summed E-state index contributed by atoms with van der Waals surface area (Å²) in [5.41, 5.74) is 7.39. The lowest BCUT2D eigenvalue weighted by Crippen LogP contribution is -2.37. The van der Waals surface area contributed by atoms with Crippen molar-refractivity contribution in [2.75, 3.05) is 5.73 Å². The van der Waals surface area contributed by atoms with Gasteiger partial charge < -0.3 is 10.6 Å². The van der Waals surface area contributed by atoms with Gasteiger partial charge in [-0.05, 0) is 43.0 Å². The predicted octanol–water partition coefficient (Wildman–Crippen LogP) is 3.31. The van der Waals surface area contributed by atoms with Crippen molar-refractivity contribution in [1.82, 2.24) is 4.90 Å². The molecule has 0 saturated carbocycles. The lowest BCUT2D eigenvalue weighted by Gasteiger charge is -2.26. The van der Waals surface area contributed by atoms with E-state index in [9.17, 15) is 4.79 Å². The minimum atomic E-state index is 0.151. The molecule has 0 atom stereocenters. The highest BCUT2D eigenvalue weighted by atomic mass is 32.1. The number of carbonyl (C=O) groups is 1. The Morgan fingerprint density at radius 1 is 1.25 bits per heavy atom. The first-order valence-electron chi connectivity index (χ1n) is 6.72. The number of benzene rings is 1. The van der Waals surface area contributed by atoms with Gasteiger partial charge in [0.2, 0.25) is 5.91 Å². The van der Waals surface area contributed by atoms with Crippen LogP contribution in [-0.4, -0.2) is 16.8 Å². The van der Waals surface area contributed by atoms with Crippen LogP contribution in [0.4, 0.5) is 5.69 Å². The third kappa shape index (κ3) is 3.84. The molecule has 0 spiro atoms. The van der Waals surface area contributed by atoms with Gasteiger partial charge in [-0.1, -0.05) is 18.2 Å². The van der Waals surface area contributed by atoms with Crippen LogP contribution < -0.4 is 5.73 Å². The second kappa shape index (κ2) is 6.57. The number of carbonyl (C=O) groups excluding carboxylic acids is 1. The Hall–Kier alpha value is -1.81. The van der Waals surface area contributed by atoms with Crippen LogP contribution in [0, 0.1) is 0 Å². The maximum Gasteiger partial charge on any atom is 0.227 e. The lowest BCUT2D eigenvalue weighted by atomic mass is 10.1. The molecule has 1 aromatic heterocycles. The molecule has 1 amide bonds. The molecule has 1 heterocycles. The van der Waals surface area contributed by atoms with E-state index in [0.29, 0.717) is 13.0 Å². The zero-order valence-electron chi connectivity index (χ0n) is 11.9. The Labute approximate surface area is 124 Å². The van der Waals surface area contributed by atoms with Gasteiger partial charge in [0.25, 0.3) is 0 Å². The average molecular weight is 288 g/mol. The highest BCUT2D eigenvalue weighted by molar-refractivity contribution is 7.09. The second-order valence-corrected chi connectivity index (χ2v) is 6.15. The molecule has 0 fully saturated rings. The van der Waals surface area contributed by atoms with E-state index in [2.05, 4.69) is 19.9 Å². The molecule has 2 rings (SSSR count). The molecular formula is C16H20N2OS. The molecular weight excluding hydrogens is 268 g/mol. The number of rotatable bonds is 5. The van der Waals surface area contributed by atoms with Crippen LogP contribution in [0.15, 0.2) is 41.8 Å². The first-order valence-corrected chi connectivity index (χ1v) is 7.60. The third-order valence-corrected chi connectivity index (χ3v) is 4.05. The van der Waals surface area contributed by atoms with E-state index in [4.69, 9.17) is 5.73 Å². The average Bonchev–Trinajstić information content (AvgIpc) is 2.91. The number of amides is 1. The molecule has 0 aliphatic rings. The largest absolute Gasteiger partial charge is 0.399 e. The summed E-state index contributed by atoms with van der Waals surface area (Å²) in [5, 5.41) is 2.04. The van der Waals surface area contributed by atoms with Crippen molar-refractivity contribution in [2.45, 2.75) is 32.9 Å². The van der Waals surface area contributed by atoms with Crippen molar-refractivity contribution in [3.05, 3.63) is 52.2 Å². The minimum absolute atomic E-state index is 0.151. The fourth-order valence-corrected chi connectivity index (χ4v) is 2.74. The smallest absolute Gasteiger partial charge is 0.227 e. The molecule has 0 aliphatic heterocycles. The van der Waals surface area contributed by atoms with E-state index < -0.39 is 0 Å². The molecule has 2 aromatic rings. The van der Waals surface area contributed by atoms with Crippen molar-refractivity contribution in [3.63, 3.8) is 0 Å². The SMILES string of the molecule is CC(C)N(Cc1cccs1)C(=O)Cc1ccc(N)cc1. The van der Waals surface area contributed by atoms with Crippen molar-refractivity contribution in [1.29, 1.82) is 0 Å². The number of hydrogen-bond acceptors (Lipinski definition) is 3. The summed E-state index contributed by atoms with van der Waals surface area (Å²) in [6, 6.07) is 11.8. The molecule has 0 saturated heterocycles. The molecule has 3 nitrogen and oxygen atoms in total. The van der Waals surface area contributed by atoms with Gasteiger partial charge in [0.1, 0.15) is 0 Å². The molecule has 106 valence electrons. The third-order valence-electron chi connectivity index (χ3n) is 3.19. The maximum absolute atomic E-state index is 12.5. The van der Waals surface area contributed by atoms with Gasteiger partial charge >= 0.3 is 0 Å². The lowest BCUT2D eigenvalue weighted by molar-refractivity contribution is -0.132. The molecule has 1 aromatic carbocycles. The Kier molecular flexibility index (Phi) is 4.79. The zero-order valence-corrected chi connectivity index (χ0v) is 12.7. The highest BCUT2D eigenvalue weighted by Gasteiger charge is 2.18. The monoisotopic (exact) mass is 288 g/mol. The zero-order chi connectivity index (χ0) is 14.5. The summed E-state index contributed by atoms with van der Waals surface area (Å²) in [7, 11) is 0. The van der Waals surface area contributed by atoms with E-state index in [1.165, 1.54) is 4.88 Å². The van der Waals surface area contributed by atoms with Gasteiger partial charge in [0, 0.05) is 16.6 Å². The molecule has 2 N–H and O–H groups in total. The van der Waals surface area contributed by atoms with Crippen molar-refractivity contribution in [3.8, 4) is 0 Å².